The third-order valence-corrected chi connectivity index (χ3v) is 7.45. The third kappa shape index (κ3) is 4.95. The molecule has 4 rings (SSSR count). The van der Waals surface area contributed by atoms with Crippen molar-refractivity contribution in [2.45, 2.75) is 16.4 Å². The summed E-state index contributed by atoms with van der Waals surface area (Å²) in [5.74, 6) is 0.721. The number of carbonyl (C=O) groups excluding carboxylic acids is 2. The normalized spacial score (nSPS) is 10.9. The zero-order valence-electron chi connectivity index (χ0n) is 16.1. The molecule has 0 radical (unpaired) electrons. The van der Waals surface area contributed by atoms with Crippen molar-refractivity contribution < 1.29 is 14.0 Å². The number of hydrogen-bond donors (Lipinski definition) is 2. The van der Waals surface area contributed by atoms with E-state index in [2.05, 4.69) is 16.7 Å². The zero-order valence-corrected chi connectivity index (χ0v) is 18.5. The highest BCUT2D eigenvalue weighted by molar-refractivity contribution is 8.00. The van der Waals surface area contributed by atoms with Crippen LogP contribution in [0.15, 0.2) is 67.9 Å². The molecule has 0 fully saturated rings. The van der Waals surface area contributed by atoms with Crippen molar-refractivity contribution in [3.8, 4) is 0 Å². The summed E-state index contributed by atoms with van der Waals surface area (Å²) in [5, 5.41) is 10.7. The van der Waals surface area contributed by atoms with Gasteiger partial charge in [0.1, 0.15) is 5.58 Å². The van der Waals surface area contributed by atoms with Crippen LogP contribution in [0.25, 0.3) is 11.0 Å². The number of thiophene rings is 2. The molecule has 3 aromatic heterocycles. The first kappa shape index (κ1) is 20.7. The molecule has 8 heteroatoms. The molecule has 0 unspecified atom stereocenters. The van der Waals surface area contributed by atoms with E-state index in [9.17, 15) is 9.59 Å². The summed E-state index contributed by atoms with van der Waals surface area (Å²) in [4.78, 5) is 25.4. The lowest BCUT2D eigenvalue weighted by Crippen LogP contribution is -2.29. The maximum absolute atomic E-state index is 12.8. The Labute approximate surface area is 186 Å². The fourth-order valence-electron chi connectivity index (χ4n) is 2.98. The number of thioether (sulfide) groups is 1. The van der Waals surface area contributed by atoms with Crippen LogP contribution >= 0.6 is 34.4 Å². The number of amides is 2. The predicted molar refractivity (Wildman–Crippen MR) is 124 cm³/mol. The molecule has 2 N–H and O–H groups in total. The number of carbonyl (C=O) groups is 2. The molecule has 4 aromatic rings. The number of fused-ring (bicyclic) bond motifs is 1. The van der Waals surface area contributed by atoms with Crippen molar-refractivity contribution in [3.05, 3.63) is 75.5 Å². The first-order chi connectivity index (χ1) is 14.7. The quantitative estimate of drug-likeness (QED) is 0.261. The Morgan fingerprint density at radius 3 is 2.43 bits per heavy atom. The van der Waals surface area contributed by atoms with E-state index in [1.54, 1.807) is 29.2 Å². The summed E-state index contributed by atoms with van der Waals surface area (Å²) in [5.41, 5.74) is 1.63. The molecular formula is C22H20N2O3S3. The van der Waals surface area contributed by atoms with E-state index in [-0.39, 0.29) is 11.8 Å². The molecule has 5 nitrogen and oxygen atoms in total. The Bertz CT molecular complexity index is 1120. The third-order valence-electron chi connectivity index (χ3n) is 4.43. The van der Waals surface area contributed by atoms with Crippen LogP contribution < -0.4 is 10.6 Å². The Hall–Kier alpha value is -2.55. The molecule has 0 aliphatic heterocycles. The van der Waals surface area contributed by atoms with Gasteiger partial charge in [0.25, 0.3) is 11.8 Å². The molecule has 0 aliphatic carbocycles. The minimum atomic E-state index is -0.224. The predicted octanol–water partition coefficient (Wildman–Crippen LogP) is 5.40. The zero-order chi connectivity index (χ0) is 20.8. The average Bonchev–Trinajstić information content (AvgIpc) is 3.52. The molecule has 154 valence electrons. The summed E-state index contributed by atoms with van der Waals surface area (Å²) >= 11 is 4.79. The van der Waals surface area contributed by atoms with Crippen LogP contribution in [-0.4, -0.2) is 24.9 Å². The SMILES string of the molecule is O=C(NCCCNC(=O)c1oc2ccccc2c1CSc1cccs1)c1cccs1. The van der Waals surface area contributed by atoms with Crippen molar-refractivity contribution in [2.75, 3.05) is 13.1 Å². The summed E-state index contributed by atoms with van der Waals surface area (Å²) in [6.07, 6.45) is 0.641. The molecule has 0 atom stereocenters. The lowest BCUT2D eigenvalue weighted by atomic mass is 10.1. The van der Waals surface area contributed by atoms with Crippen molar-refractivity contribution in [3.63, 3.8) is 0 Å². The molecule has 0 saturated carbocycles. The lowest BCUT2D eigenvalue weighted by Gasteiger charge is -2.06. The van der Waals surface area contributed by atoms with Crippen LogP contribution in [0.2, 0.25) is 0 Å². The molecule has 0 aliphatic rings. The fourth-order valence-corrected chi connectivity index (χ4v) is 5.43. The fraction of sp³-hybridized carbons (Fsp3) is 0.182. The number of rotatable bonds is 9. The maximum Gasteiger partial charge on any atom is 0.287 e. The van der Waals surface area contributed by atoms with Gasteiger partial charge in [0.05, 0.1) is 9.09 Å². The standard InChI is InChI=1S/C22H20N2O3S3/c25-21(18-8-3-12-28-18)23-10-5-11-24-22(26)20-16(14-30-19-9-4-13-29-19)15-6-1-2-7-17(15)27-20/h1-4,6-9,12-13H,5,10-11,14H2,(H,23,25)(H,24,26). The first-order valence-corrected chi connectivity index (χ1v) is 12.2. The minimum absolute atomic E-state index is 0.0819. The summed E-state index contributed by atoms with van der Waals surface area (Å²) in [6, 6.07) is 15.5. The summed E-state index contributed by atoms with van der Waals surface area (Å²) < 4.78 is 7.09. The van der Waals surface area contributed by atoms with Gasteiger partial charge in [-0.15, -0.1) is 34.4 Å². The van der Waals surface area contributed by atoms with Crippen molar-refractivity contribution >= 4 is 57.2 Å². The van der Waals surface area contributed by atoms with E-state index in [0.29, 0.717) is 41.5 Å². The van der Waals surface area contributed by atoms with Crippen molar-refractivity contribution in [1.29, 1.82) is 0 Å². The monoisotopic (exact) mass is 456 g/mol. The molecule has 0 spiro atoms. The van der Waals surface area contributed by atoms with Gasteiger partial charge in [0, 0.05) is 29.8 Å². The van der Waals surface area contributed by atoms with Gasteiger partial charge in [-0.1, -0.05) is 30.3 Å². The van der Waals surface area contributed by atoms with Crippen molar-refractivity contribution in [1.82, 2.24) is 10.6 Å². The van der Waals surface area contributed by atoms with Gasteiger partial charge < -0.3 is 15.1 Å². The molecule has 30 heavy (non-hydrogen) atoms. The van der Waals surface area contributed by atoms with E-state index in [4.69, 9.17) is 4.42 Å². The van der Waals surface area contributed by atoms with E-state index >= 15 is 0 Å². The number of benzene rings is 1. The molecule has 0 bridgehead atoms. The van der Waals surface area contributed by atoms with Crippen LogP contribution in [0.1, 0.15) is 32.2 Å². The second-order valence-electron chi connectivity index (χ2n) is 6.47. The molecule has 0 saturated heterocycles. The topological polar surface area (TPSA) is 71.3 Å². The number of furan rings is 1. The van der Waals surface area contributed by atoms with Crippen LogP contribution in [0.5, 0.6) is 0 Å². The Balaban J connectivity index is 1.35. The van der Waals surface area contributed by atoms with Crippen LogP contribution in [-0.2, 0) is 5.75 Å². The minimum Gasteiger partial charge on any atom is -0.451 e. The Morgan fingerprint density at radius 1 is 0.900 bits per heavy atom. The van der Waals surface area contributed by atoms with Gasteiger partial charge in [-0.2, -0.15) is 0 Å². The highest BCUT2D eigenvalue weighted by atomic mass is 32.2. The second kappa shape index (κ2) is 9.97. The lowest BCUT2D eigenvalue weighted by molar-refractivity contribution is 0.0927. The van der Waals surface area contributed by atoms with Gasteiger partial charge in [-0.25, -0.2) is 0 Å². The van der Waals surface area contributed by atoms with E-state index in [0.717, 1.165) is 10.9 Å². The van der Waals surface area contributed by atoms with Crippen LogP contribution in [0, 0.1) is 0 Å². The summed E-state index contributed by atoms with van der Waals surface area (Å²) in [6.45, 7) is 0.955. The highest BCUT2D eigenvalue weighted by Crippen LogP contribution is 2.33. The van der Waals surface area contributed by atoms with Crippen molar-refractivity contribution in [2.24, 2.45) is 0 Å². The Morgan fingerprint density at radius 2 is 1.67 bits per heavy atom. The average molecular weight is 457 g/mol. The molecule has 2 amide bonds. The number of nitrogens with one attached hydrogen (secondary N) is 2. The maximum atomic E-state index is 12.8. The molecular weight excluding hydrogens is 436 g/mol. The molecule has 1 aromatic carbocycles. The van der Waals surface area contributed by atoms with Gasteiger partial charge in [0.2, 0.25) is 0 Å². The van der Waals surface area contributed by atoms with Gasteiger partial charge in [-0.3, -0.25) is 9.59 Å². The first-order valence-electron chi connectivity index (χ1n) is 9.49. The van der Waals surface area contributed by atoms with Gasteiger partial charge >= 0.3 is 0 Å². The number of hydrogen-bond acceptors (Lipinski definition) is 6. The van der Waals surface area contributed by atoms with Crippen LogP contribution in [0.3, 0.4) is 0 Å². The number of para-hydroxylation sites is 1. The van der Waals surface area contributed by atoms with Crippen LogP contribution in [0.4, 0.5) is 0 Å². The summed E-state index contributed by atoms with van der Waals surface area (Å²) in [7, 11) is 0. The van der Waals surface area contributed by atoms with Gasteiger partial charge in [-0.05, 0) is 35.4 Å². The highest BCUT2D eigenvalue weighted by Gasteiger charge is 2.20. The van der Waals surface area contributed by atoms with E-state index in [1.165, 1.54) is 15.5 Å². The van der Waals surface area contributed by atoms with E-state index < -0.39 is 0 Å². The smallest absolute Gasteiger partial charge is 0.287 e. The second-order valence-corrected chi connectivity index (χ2v) is 9.64. The van der Waals surface area contributed by atoms with E-state index in [1.807, 2.05) is 47.2 Å². The van der Waals surface area contributed by atoms with Gasteiger partial charge in [0.15, 0.2) is 5.76 Å². The largest absolute Gasteiger partial charge is 0.451 e. The Kier molecular flexibility index (Phi) is 6.88. The molecule has 3 heterocycles.